The number of hydrogen-bond acceptors (Lipinski definition) is 1. The monoisotopic (exact) mass is 340 g/mol. The molecule has 2 rings (SSSR count). The Balaban J connectivity index is 2.62. The second-order valence-electron chi connectivity index (χ2n) is 3.71. The first-order chi connectivity index (χ1) is 9.41. The fourth-order valence-electron chi connectivity index (χ4n) is 1.66. The highest BCUT2D eigenvalue weighted by Crippen LogP contribution is 2.41. The lowest BCUT2D eigenvalue weighted by Crippen LogP contribution is -2.04. The summed E-state index contributed by atoms with van der Waals surface area (Å²) < 4.78 is 42.7. The van der Waals surface area contributed by atoms with Crippen molar-refractivity contribution in [1.29, 1.82) is 0 Å². The molecule has 0 amide bonds. The van der Waals surface area contributed by atoms with Gasteiger partial charge in [0.05, 0.1) is 15.1 Å². The quantitative estimate of drug-likeness (QED) is 0.617. The summed E-state index contributed by atoms with van der Waals surface area (Å²) >= 11 is 17.8. The molecule has 2 aromatic carbocycles. The Bertz CT molecular complexity index is 647. The topological polar surface area (TPSA) is 9.23 Å². The summed E-state index contributed by atoms with van der Waals surface area (Å²) in [5, 5.41) is 0.352. The number of hydrogen-bond donors (Lipinski definition) is 0. The van der Waals surface area contributed by atoms with Gasteiger partial charge in [-0.15, -0.1) is 0 Å². The molecule has 0 saturated heterocycles. The molecule has 0 unspecified atom stereocenters. The van der Waals surface area contributed by atoms with E-state index in [1.807, 2.05) is 0 Å². The summed E-state index contributed by atoms with van der Waals surface area (Å²) in [6, 6.07) is 6.66. The van der Waals surface area contributed by atoms with Gasteiger partial charge in [0.1, 0.15) is 0 Å². The van der Waals surface area contributed by atoms with E-state index in [0.29, 0.717) is 0 Å². The van der Waals surface area contributed by atoms with Crippen molar-refractivity contribution in [1.82, 2.24) is 0 Å². The van der Waals surface area contributed by atoms with Crippen molar-refractivity contribution in [2.75, 3.05) is 0 Å². The van der Waals surface area contributed by atoms with E-state index in [-0.39, 0.29) is 26.2 Å². The predicted molar refractivity (Wildman–Crippen MR) is 73.5 cm³/mol. The predicted octanol–water partition coefficient (Wildman–Crippen LogP) is 6.05. The molecule has 0 N–H and O–H groups in total. The van der Waals surface area contributed by atoms with Crippen LogP contribution in [-0.4, -0.2) is 6.61 Å². The third-order valence-electron chi connectivity index (χ3n) is 2.49. The van der Waals surface area contributed by atoms with Gasteiger partial charge in [0, 0.05) is 11.1 Å². The van der Waals surface area contributed by atoms with Crippen LogP contribution in [0, 0.1) is 5.82 Å². The summed E-state index contributed by atoms with van der Waals surface area (Å²) in [5.41, 5.74) is 0.0544. The number of alkyl halides is 2. The van der Waals surface area contributed by atoms with Gasteiger partial charge >= 0.3 is 6.61 Å². The van der Waals surface area contributed by atoms with Crippen molar-refractivity contribution >= 4 is 34.8 Å². The van der Waals surface area contributed by atoms with Crippen LogP contribution in [0.15, 0.2) is 30.3 Å². The van der Waals surface area contributed by atoms with Gasteiger partial charge in [-0.25, -0.2) is 4.39 Å². The van der Waals surface area contributed by atoms with Gasteiger partial charge in [-0.1, -0.05) is 46.9 Å². The largest absolute Gasteiger partial charge is 0.432 e. The molecule has 0 aromatic heterocycles. The van der Waals surface area contributed by atoms with Gasteiger partial charge in [0.2, 0.25) is 0 Å². The second-order valence-corrected chi connectivity index (χ2v) is 4.91. The van der Waals surface area contributed by atoms with E-state index in [1.165, 1.54) is 24.3 Å². The highest BCUT2D eigenvalue weighted by molar-refractivity contribution is 6.46. The first-order valence-corrected chi connectivity index (χ1v) is 6.42. The fourth-order valence-corrected chi connectivity index (χ4v) is 2.40. The average Bonchev–Trinajstić information content (AvgIpc) is 2.38. The summed E-state index contributed by atoms with van der Waals surface area (Å²) in [5.74, 6) is -1.58. The van der Waals surface area contributed by atoms with E-state index in [1.54, 1.807) is 0 Å². The van der Waals surface area contributed by atoms with Crippen LogP contribution in [-0.2, 0) is 0 Å². The van der Waals surface area contributed by atoms with Gasteiger partial charge in [0.25, 0.3) is 0 Å². The first-order valence-electron chi connectivity index (χ1n) is 5.29. The lowest BCUT2D eigenvalue weighted by Gasteiger charge is -2.12. The zero-order chi connectivity index (χ0) is 14.9. The summed E-state index contributed by atoms with van der Waals surface area (Å²) in [7, 11) is 0. The third-order valence-corrected chi connectivity index (χ3v) is 3.61. The highest BCUT2D eigenvalue weighted by Gasteiger charge is 2.19. The molecule has 0 saturated carbocycles. The number of ether oxygens (including phenoxy) is 1. The van der Waals surface area contributed by atoms with Crippen LogP contribution < -0.4 is 4.74 Å². The molecular weight excluding hydrogens is 335 g/mol. The van der Waals surface area contributed by atoms with E-state index < -0.39 is 18.2 Å². The van der Waals surface area contributed by atoms with Crippen LogP contribution in [0.5, 0.6) is 5.75 Å². The maximum Gasteiger partial charge on any atom is 0.387 e. The third kappa shape index (κ3) is 2.97. The fraction of sp³-hybridized carbons (Fsp3) is 0.0769. The molecule has 0 aliphatic carbocycles. The van der Waals surface area contributed by atoms with E-state index in [2.05, 4.69) is 4.74 Å². The van der Waals surface area contributed by atoms with Gasteiger partial charge in [-0.05, 0) is 18.2 Å². The number of benzene rings is 2. The Kier molecular flexibility index (Phi) is 4.68. The molecule has 106 valence electrons. The molecule has 0 radical (unpaired) electrons. The lowest BCUT2D eigenvalue weighted by molar-refractivity contribution is -0.0521. The maximum absolute atomic E-state index is 14.2. The minimum Gasteiger partial charge on any atom is -0.432 e. The highest BCUT2D eigenvalue weighted by atomic mass is 35.5. The zero-order valence-electron chi connectivity index (χ0n) is 9.64. The number of rotatable bonds is 3. The van der Waals surface area contributed by atoms with Crippen LogP contribution in [0.4, 0.5) is 13.2 Å². The molecule has 0 atom stereocenters. The molecule has 20 heavy (non-hydrogen) atoms. The first kappa shape index (κ1) is 15.3. The summed E-state index contributed by atoms with van der Waals surface area (Å²) in [6.07, 6.45) is 0. The minimum absolute atomic E-state index is 0.0345. The van der Waals surface area contributed by atoms with Crippen molar-refractivity contribution in [3.8, 4) is 16.9 Å². The van der Waals surface area contributed by atoms with E-state index in [4.69, 9.17) is 34.8 Å². The molecule has 7 heteroatoms. The van der Waals surface area contributed by atoms with Gasteiger partial charge in [-0.3, -0.25) is 0 Å². The Morgan fingerprint density at radius 1 is 0.950 bits per heavy atom. The van der Waals surface area contributed by atoms with Crippen molar-refractivity contribution in [3.05, 3.63) is 51.2 Å². The van der Waals surface area contributed by atoms with Gasteiger partial charge < -0.3 is 4.74 Å². The van der Waals surface area contributed by atoms with Crippen LogP contribution in [0.25, 0.3) is 11.1 Å². The molecule has 0 spiro atoms. The van der Waals surface area contributed by atoms with Crippen molar-refractivity contribution in [3.63, 3.8) is 0 Å². The molecule has 0 bridgehead atoms. The molecule has 0 fully saturated rings. The van der Waals surface area contributed by atoms with Crippen LogP contribution in [0.1, 0.15) is 0 Å². The van der Waals surface area contributed by atoms with Crippen LogP contribution in [0.3, 0.4) is 0 Å². The Hall–Kier alpha value is -1.10. The minimum atomic E-state index is -3.13. The van der Waals surface area contributed by atoms with Gasteiger partial charge in [-0.2, -0.15) is 8.78 Å². The molecule has 1 nitrogen and oxygen atoms in total. The summed E-state index contributed by atoms with van der Waals surface area (Å²) in [6.45, 7) is -3.13. The number of halogens is 6. The van der Waals surface area contributed by atoms with E-state index in [9.17, 15) is 13.2 Å². The SMILES string of the molecule is Fc1c(OC(F)F)cccc1-c1c(Cl)ccc(Cl)c1Cl. The smallest absolute Gasteiger partial charge is 0.387 e. The van der Waals surface area contributed by atoms with Gasteiger partial charge in [0.15, 0.2) is 11.6 Å². The lowest BCUT2D eigenvalue weighted by atomic mass is 10.0. The Morgan fingerprint density at radius 2 is 1.60 bits per heavy atom. The standard InChI is InChI=1S/C13H6Cl3F3O/c14-7-4-5-8(15)11(16)10(7)6-2-1-3-9(12(6)17)20-13(18)19/h1-5,13H. The normalized spacial score (nSPS) is 10.9. The Morgan fingerprint density at radius 3 is 2.25 bits per heavy atom. The van der Waals surface area contributed by atoms with E-state index >= 15 is 0 Å². The van der Waals surface area contributed by atoms with Crippen LogP contribution >= 0.6 is 34.8 Å². The van der Waals surface area contributed by atoms with Crippen molar-refractivity contribution < 1.29 is 17.9 Å². The molecule has 0 heterocycles. The molecule has 0 aliphatic heterocycles. The molecule has 0 aliphatic rings. The van der Waals surface area contributed by atoms with Crippen molar-refractivity contribution in [2.24, 2.45) is 0 Å². The van der Waals surface area contributed by atoms with E-state index in [0.717, 1.165) is 6.07 Å². The molecular formula is C13H6Cl3F3O. The maximum atomic E-state index is 14.2. The second kappa shape index (κ2) is 6.12. The van der Waals surface area contributed by atoms with Crippen LogP contribution in [0.2, 0.25) is 15.1 Å². The zero-order valence-corrected chi connectivity index (χ0v) is 11.9. The average molecular weight is 342 g/mol. The Labute approximate surface area is 127 Å². The molecule has 2 aromatic rings. The van der Waals surface area contributed by atoms with Crippen molar-refractivity contribution in [2.45, 2.75) is 6.61 Å². The summed E-state index contributed by atoms with van der Waals surface area (Å²) in [4.78, 5) is 0.